The molecule has 4 nitrogen and oxygen atoms in total. The monoisotopic (exact) mass is 285 g/mol. The van der Waals surface area contributed by atoms with Gasteiger partial charge in [0, 0.05) is 11.3 Å². The van der Waals surface area contributed by atoms with E-state index in [4.69, 9.17) is 15.2 Å². The van der Waals surface area contributed by atoms with Gasteiger partial charge in [-0.2, -0.15) is 0 Å². The maximum Gasteiger partial charge on any atom is 0.338 e. The molecule has 4 heteroatoms. The number of hydrogen-bond acceptors (Lipinski definition) is 4. The van der Waals surface area contributed by atoms with Gasteiger partial charge in [-0.1, -0.05) is 17.7 Å². The van der Waals surface area contributed by atoms with E-state index in [9.17, 15) is 4.79 Å². The van der Waals surface area contributed by atoms with Crippen LogP contribution in [0.25, 0.3) is 0 Å². The third-order valence-electron chi connectivity index (χ3n) is 3.28. The van der Waals surface area contributed by atoms with Gasteiger partial charge in [-0.3, -0.25) is 0 Å². The van der Waals surface area contributed by atoms with Gasteiger partial charge in [0.15, 0.2) is 0 Å². The number of hydrogen-bond donors (Lipinski definition) is 1. The van der Waals surface area contributed by atoms with Crippen LogP contribution in [0.1, 0.15) is 27.0 Å². The molecule has 0 radical (unpaired) electrons. The Balaban J connectivity index is 2.14. The lowest BCUT2D eigenvalue weighted by atomic mass is 10.1. The Morgan fingerprint density at radius 3 is 2.62 bits per heavy atom. The smallest absolute Gasteiger partial charge is 0.338 e. The quantitative estimate of drug-likeness (QED) is 0.692. The van der Waals surface area contributed by atoms with Gasteiger partial charge in [0.25, 0.3) is 0 Å². The molecule has 2 N–H and O–H groups in total. The predicted octanol–water partition coefficient (Wildman–Crippen LogP) is 3.25. The lowest BCUT2D eigenvalue weighted by molar-refractivity contribution is 0.0469. The van der Waals surface area contributed by atoms with Gasteiger partial charge in [0.05, 0.1) is 12.7 Å². The molecule has 0 saturated carbocycles. The second-order valence-corrected chi connectivity index (χ2v) is 4.97. The first-order valence-corrected chi connectivity index (χ1v) is 6.68. The van der Waals surface area contributed by atoms with E-state index in [2.05, 4.69) is 0 Å². The molecule has 21 heavy (non-hydrogen) atoms. The number of carbonyl (C=O) groups excluding carboxylic acids is 1. The van der Waals surface area contributed by atoms with Crippen LogP contribution < -0.4 is 10.5 Å². The minimum absolute atomic E-state index is 0.165. The number of ether oxygens (including phenoxy) is 2. The number of esters is 1. The highest BCUT2D eigenvalue weighted by molar-refractivity contribution is 5.92. The molecule has 110 valence electrons. The first-order valence-electron chi connectivity index (χ1n) is 6.68. The summed E-state index contributed by atoms with van der Waals surface area (Å²) in [6.45, 7) is 3.99. The fourth-order valence-electron chi connectivity index (χ4n) is 2.10. The lowest BCUT2D eigenvalue weighted by Gasteiger charge is -2.11. The molecule has 0 saturated heterocycles. The summed E-state index contributed by atoms with van der Waals surface area (Å²) < 4.78 is 10.6. The molecule has 0 atom stereocenters. The molecule has 0 aliphatic carbocycles. The van der Waals surface area contributed by atoms with Crippen LogP contribution in [-0.4, -0.2) is 13.1 Å². The number of anilines is 1. The Morgan fingerprint density at radius 1 is 1.14 bits per heavy atom. The van der Waals surface area contributed by atoms with Crippen LogP contribution in [-0.2, 0) is 11.3 Å². The minimum atomic E-state index is -0.386. The Morgan fingerprint density at radius 2 is 1.90 bits per heavy atom. The molecule has 0 aliphatic heterocycles. The van der Waals surface area contributed by atoms with Crippen molar-refractivity contribution in [2.45, 2.75) is 20.5 Å². The van der Waals surface area contributed by atoms with Gasteiger partial charge in [-0.05, 0) is 43.7 Å². The number of carbonyl (C=O) groups is 1. The minimum Gasteiger partial charge on any atom is -0.496 e. The fraction of sp³-hybridized carbons (Fsp3) is 0.235. The van der Waals surface area contributed by atoms with Crippen molar-refractivity contribution in [3.63, 3.8) is 0 Å². The van der Waals surface area contributed by atoms with Crippen LogP contribution in [0.3, 0.4) is 0 Å². The number of nitrogen functional groups attached to an aromatic ring is 1. The van der Waals surface area contributed by atoms with Crippen LogP contribution in [0.4, 0.5) is 5.69 Å². The first-order chi connectivity index (χ1) is 10.0. The molecule has 0 heterocycles. The highest BCUT2D eigenvalue weighted by Gasteiger charge is 2.12. The summed E-state index contributed by atoms with van der Waals surface area (Å²) >= 11 is 0. The number of aryl methyl sites for hydroxylation is 2. The lowest BCUT2D eigenvalue weighted by Crippen LogP contribution is -2.08. The van der Waals surface area contributed by atoms with Crippen molar-refractivity contribution in [2.24, 2.45) is 0 Å². The SMILES string of the molecule is COc1ccc(C)cc1COC(=O)c1cc(N)ccc1C. The molecule has 2 rings (SSSR count). The molecule has 0 spiro atoms. The largest absolute Gasteiger partial charge is 0.496 e. The van der Waals surface area contributed by atoms with Crippen LogP contribution in [0.15, 0.2) is 36.4 Å². The topological polar surface area (TPSA) is 61.5 Å². The predicted molar refractivity (Wildman–Crippen MR) is 82.4 cm³/mol. The van der Waals surface area contributed by atoms with E-state index in [1.165, 1.54) is 0 Å². The summed E-state index contributed by atoms with van der Waals surface area (Å²) in [4.78, 5) is 12.2. The maximum absolute atomic E-state index is 12.2. The maximum atomic E-state index is 12.2. The van der Waals surface area contributed by atoms with Gasteiger partial charge < -0.3 is 15.2 Å². The zero-order chi connectivity index (χ0) is 15.4. The van der Waals surface area contributed by atoms with Gasteiger partial charge in [0.1, 0.15) is 12.4 Å². The summed E-state index contributed by atoms with van der Waals surface area (Å²) in [5, 5.41) is 0. The molecular formula is C17H19NO3. The van der Waals surface area contributed by atoms with E-state index in [1.54, 1.807) is 25.3 Å². The normalized spacial score (nSPS) is 10.2. The van der Waals surface area contributed by atoms with E-state index in [1.807, 2.05) is 32.0 Å². The standard InChI is InChI=1S/C17H19NO3/c1-11-4-7-16(20-3)13(8-11)10-21-17(19)15-9-14(18)6-5-12(15)2/h4-9H,10,18H2,1-3H3. The molecule has 0 aromatic heterocycles. The number of rotatable bonds is 4. The van der Waals surface area contributed by atoms with E-state index in [0.717, 1.165) is 16.7 Å². The third kappa shape index (κ3) is 3.54. The number of benzene rings is 2. The van der Waals surface area contributed by atoms with Crippen molar-refractivity contribution >= 4 is 11.7 Å². The highest BCUT2D eigenvalue weighted by atomic mass is 16.5. The Hall–Kier alpha value is -2.49. The van der Waals surface area contributed by atoms with Crippen LogP contribution in [0, 0.1) is 13.8 Å². The zero-order valence-corrected chi connectivity index (χ0v) is 12.5. The van der Waals surface area contributed by atoms with Crippen molar-refractivity contribution < 1.29 is 14.3 Å². The number of nitrogens with two attached hydrogens (primary N) is 1. The second-order valence-electron chi connectivity index (χ2n) is 4.97. The molecule has 0 aliphatic rings. The molecule has 0 unspecified atom stereocenters. The number of methoxy groups -OCH3 is 1. The van der Waals surface area contributed by atoms with Gasteiger partial charge in [0.2, 0.25) is 0 Å². The third-order valence-corrected chi connectivity index (χ3v) is 3.28. The average molecular weight is 285 g/mol. The van der Waals surface area contributed by atoms with Crippen molar-refractivity contribution in [1.82, 2.24) is 0 Å². The Labute approximate surface area is 124 Å². The van der Waals surface area contributed by atoms with E-state index >= 15 is 0 Å². The van der Waals surface area contributed by atoms with E-state index < -0.39 is 0 Å². The van der Waals surface area contributed by atoms with E-state index in [0.29, 0.717) is 17.0 Å². The summed E-state index contributed by atoms with van der Waals surface area (Å²) in [5.41, 5.74) is 9.50. The molecule has 0 amide bonds. The van der Waals surface area contributed by atoms with E-state index in [-0.39, 0.29) is 12.6 Å². The molecule has 0 bridgehead atoms. The van der Waals surface area contributed by atoms with Crippen LogP contribution in [0.2, 0.25) is 0 Å². The Kier molecular flexibility index (Phi) is 4.48. The van der Waals surface area contributed by atoms with Gasteiger partial charge in [-0.15, -0.1) is 0 Å². The van der Waals surface area contributed by atoms with Crippen molar-refractivity contribution in [3.05, 3.63) is 58.7 Å². The van der Waals surface area contributed by atoms with Gasteiger partial charge in [-0.25, -0.2) is 4.79 Å². The van der Waals surface area contributed by atoms with Gasteiger partial charge >= 0.3 is 5.97 Å². The molecular weight excluding hydrogens is 266 g/mol. The molecule has 0 fully saturated rings. The molecule has 2 aromatic carbocycles. The van der Waals surface area contributed by atoms with Crippen molar-refractivity contribution in [3.8, 4) is 5.75 Å². The fourth-order valence-corrected chi connectivity index (χ4v) is 2.10. The Bertz CT molecular complexity index is 665. The second kappa shape index (κ2) is 6.31. The van der Waals surface area contributed by atoms with Crippen molar-refractivity contribution in [1.29, 1.82) is 0 Å². The van der Waals surface area contributed by atoms with Crippen molar-refractivity contribution in [2.75, 3.05) is 12.8 Å². The summed E-state index contributed by atoms with van der Waals surface area (Å²) in [6.07, 6.45) is 0. The van der Waals surface area contributed by atoms with Crippen LogP contribution >= 0.6 is 0 Å². The summed E-state index contributed by atoms with van der Waals surface area (Å²) in [5.74, 6) is 0.320. The summed E-state index contributed by atoms with van der Waals surface area (Å²) in [6, 6.07) is 11.0. The zero-order valence-electron chi connectivity index (χ0n) is 12.5. The first kappa shape index (κ1) is 14.9. The molecule has 2 aromatic rings. The average Bonchev–Trinajstić information content (AvgIpc) is 2.47. The highest BCUT2D eigenvalue weighted by Crippen LogP contribution is 2.21. The summed E-state index contributed by atoms with van der Waals surface area (Å²) in [7, 11) is 1.60. The van der Waals surface area contributed by atoms with Crippen LogP contribution in [0.5, 0.6) is 5.75 Å².